The molecule has 9 heteroatoms. The Morgan fingerprint density at radius 1 is 0.511 bits per heavy atom. The number of hydrogen-bond donors (Lipinski definition) is 0. The van der Waals surface area contributed by atoms with Gasteiger partial charge in [-0.15, -0.1) is 9.79 Å². The van der Waals surface area contributed by atoms with Crippen LogP contribution < -0.4 is 9.80 Å². The van der Waals surface area contributed by atoms with E-state index in [1.165, 1.54) is 0 Å². The van der Waals surface area contributed by atoms with E-state index in [9.17, 15) is 0 Å². The fourth-order valence-corrected chi connectivity index (χ4v) is 7.48. The van der Waals surface area contributed by atoms with Gasteiger partial charge >= 0.3 is 21.1 Å². The summed E-state index contributed by atoms with van der Waals surface area (Å²) in [7, 11) is 4.08. The second kappa shape index (κ2) is 12.2. The van der Waals surface area contributed by atoms with E-state index in [1.54, 1.807) is 0 Å². The zero-order valence-corrected chi connectivity index (χ0v) is 31.1. The van der Waals surface area contributed by atoms with Crippen molar-refractivity contribution in [1.82, 2.24) is 19.1 Å². The van der Waals surface area contributed by atoms with Crippen molar-refractivity contribution in [3.05, 3.63) is 132 Å². The maximum atomic E-state index is 6.28. The molecule has 0 spiro atoms. The smallest absolute Gasteiger partial charge is 0.777 e. The summed E-state index contributed by atoms with van der Waals surface area (Å²) < 4.78 is 4.29. The summed E-state index contributed by atoms with van der Waals surface area (Å²) in [4.78, 5) is 16.4. The van der Waals surface area contributed by atoms with E-state index in [2.05, 4.69) is 120 Å². The third-order valence-electron chi connectivity index (χ3n) is 9.38. The molecule has 0 fully saturated rings. The van der Waals surface area contributed by atoms with Crippen molar-refractivity contribution >= 4 is 48.5 Å². The number of imidazole rings is 2. The molecule has 0 aliphatic carbocycles. The SMILES string of the molecule is CN1c2cccc(c2[S-])C(C)(C)c2cccc(c2[S-])N(C)c2nc(cn2-c2ccccc2)C(C)(C)c2cn(-c3ccccc3)c1n2.[Pt+2]. The quantitative estimate of drug-likeness (QED) is 0.164. The first-order chi connectivity index (χ1) is 22.0. The Bertz CT molecular complexity index is 1920. The van der Waals surface area contributed by atoms with Crippen LogP contribution in [-0.4, -0.2) is 33.2 Å². The van der Waals surface area contributed by atoms with Gasteiger partial charge in [-0.1, -0.05) is 85.6 Å². The molecule has 8 bridgehead atoms. The third kappa shape index (κ3) is 5.37. The van der Waals surface area contributed by atoms with Crippen LogP contribution in [0.4, 0.5) is 23.3 Å². The van der Waals surface area contributed by atoms with Gasteiger partial charge in [0.15, 0.2) is 0 Å². The molecular weight excluding hydrogens is 800 g/mol. The standard InChI is InChI=1S/C38H38N6S2.Pt/c1-37(2)27-19-13-21-29(33(27)45)41(5)35-39-31(23-43(35)25-15-9-7-10-16-25)38(3,4)32-24-44(26-17-11-8-12-18-26)36(40-32)42(6)30-22-14-20-28(37)34(30)46;/h7-24,45-46H,1-6H3;/q;+2/p-2. The average Bonchev–Trinajstić information content (AvgIpc) is 3.72. The van der Waals surface area contributed by atoms with Gasteiger partial charge in [0.1, 0.15) is 0 Å². The molecule has 4 aromatic carbocycles. The number of hydrogen-bond acceptors (Lipinski definition) is 6. The summed E-state index contributed by atoms with van der Waals surface area (Å²) in [6, 6.07) is 33.2. The molecule has 1 aliphatic rings. The number of para-hydroxylation sites is 2. The van der Waals surface area contributed by atoms with Gasteiger partial charge in [0.05, 0.1) is 16.8 Å². The molecule has 0 amide bonds. The van der Waals surface area contributed by atoms with Crippen LogP contribution in [0.15, 0.2) is 119 Å². The first kappa shape index (κ1) is 32.9. The normalized spacial score (nSPS) is 14.9. The Labute approximate surface area is 302 Å². The van der Waals surface area contributed by atoms with Crippen LogP contribution in [0, 0.1) is 0 Å². The number of fused-ring (bicyclic) bond motifs is 8. The molecule has 1 aliphatic heterocycles. The van der Waals surface area contributed by atoms with Crippen LogP contribution in [0.3, 0.4) is 0 Å². The largest absolute Gasteiger partial charge is 2.00 e. The Kier molecular flexibility index (Phi) is 8.58. The number of anilines is 4. The third-order valence-corrected chi connectivity index (χ3v) is 10.2. The van der Waals surface area contributed by atoms with Crippen molar-refractivity contribution < 1.29 is 21.1 Å². The van der Waals surface area contributed by atoms with Crippen molar-refractivity contribution in [3.8, 4) is 11.4 Å². The van der Waals surface area contributed by atoms with Crippen LogP contribution in [0.1, 0.15) is 50.2 Å². The zero-order chi connectivity index (χ0) is 32.4. The van der Waals surface area contributed by atoms with Crippen molar-refractivity contribution in [2.24, 2.45) is 0 Å². The maximum Gasteiger partial charge on any atom is 2.00 e. The zero-order valence-electron chi connectivity index (χ0n) is 27.2. The molecule has 47 heavy (non-hydrogen) atoms. The molecule has 7 rings (SSSR count). The van der Waals surface area contributed by atoms with Crippen molar-refractivity contribution in [2.45, 2.75) is 48.3 Å². The Morgan fingerprint density at radius 2 is 0.894 bits per heavy atom. The molecule has 0 N–H and O–H groups in total. The molecule has 6 nitrogen and oxygen atoms in total. The van der Waals surface area contributed by atoms with E-state index < -0.39 is 10.8 Å². The van der Waals surface area contributed by atoms with Gasteiger partial charge in [-0.05, 0) is 50.2 Å². The summed E-state index contributed by atoms with van der Waals surface area (Å²) in [5.74, 6) is 1.54. The van der Waals surface area contributed by atoms with Gasteiger partial charge < -0.3 is 35.1 Å². The summed E-state index contributed by atoms with van der Waals surface area (Å²) in [5, 5.41) is 0. The average molecular weight is 836 g/mol. The molecule has 0 saturated heterocycles. The van der Waals surface area contributed by atoms with E-state index in [-0.39, 0.29) is 21.1 Å². The van der Waals surface area contributed by atoms with Gasteiger partial charge in [0, 0.05) is 54.7 Å². The van der Waals surface area contributed by atoms with E-state index in [1.807, 2.05) is 50.5 Å². The number of aromatic nitrogens is 4. The predicted molar refractivity (Wildman–Crippen MR) is 192 cm³/mol. The minimum Gasteiger partial charge on any atom is -0.777 e. The summed E-state index contributed by atoms with van der Waals surface area (Å²) in [6.07, 6.45) is 4.26. The molecule has 0 unspecified atom stereocenters. The first-order valence-electron chi connectivity index (χ1n) is 15.4. The van der Waals surface area contributed by atoms with Crippen LogP contribution in [-0.2, 0) is 57.2 Å². The molecule has 240 valence electrons. The number of nitrogens with zero attached hydrogens (tertiary/aromatic N) is 6. The fourth-order valence-electron chi connectivity index (χ4n) is 6.43. The minimum absolute atomic E-state index is 0. The molecule has 2 aromatic heterocycles. The molecule has 3 heterocycles. The summed E-state index contributed by atoms with van der Waals surface area (Å²) in [5.41, 5.74) is 6.69. The monoisotopic (exact) mass is 835 g/mol. The molecule has 6 aromatic rings. The Morgan fingerprint density at radius 3 is 1.28 bits per heavy atom. The van der Waals surface area contributed by atoms with Crippen LogP contribution in [0.5, 0.6) is 0 Å². The summed E-state index contributed by atoms with van der Waals surface area (Å²) >= 11 is 12.6. The van der Waals surface area contributed by atoms with Gasteiger partial charge in [-0.2, -0.15) is 0 Å². The van der Waals surface area contributed by atoms with Gasteiger partial charge in [0.2, 0.25) is 11.9 Å². The Balaban J connectivity index is 0.00000386. The molecule has 0 atom stereocenters. The molecule has 0 saturated carbocycles. The van der Waals surface area contributed by atoms with Crippen LogP contribution in [0.25, 0.3) is 11.4 Å². The van der Waals surface area contributed by atoms with Crippen molar-refractivity contribution in [1.29, 1.82) is 0 Å². The van der Waals surface area contributed by atoms with Crippen LogP contribution in [0.2, 0.25) is 0 Å². The van der Waals surface area contributed by atoms with Crippen molar-refractivity contribution in [2.75, 3.05) is 23.9 Å². The van der Waals surface area contributed by atoms with E-state index in [4.69, 9.17) is 35.2 Å². The van der Waals surface area contributed by atoms with Crippen LogP contribution >= 0.6 is 0 Å². The second-order valence-corrected chi connectivity index (χ2v) is 13.8. The molecule has 0 radical (unpaired) electrons. The van der Waals surface area contributed by atoms with Gasteiger partial charge in [-0.25, -0.2) is 9.97 Å². The topological polar surface area (TPSA) is 42.1 Å². The summed E-state index contributed by atoms with van der Waals surface area (Å²) in [6.45, 7) is 8.77. The van der Waals surface area contributed by atoms with E-state index in [0.29, 0.717) is 0 Å². The first-order valence-corrected chi connectivity index (χ1v) is 16.2. The fraction of sp³-hybridized carbons (Fsp3) is 0.211. The predicted octanol–water partition coefficient (Wildman–Crippen LogP) is 8.37. The number of benzene rings is 4. The molecular formula is C38H36N6PtS2. The van der Waals surface area contributed by atoms with Gasteiger partial charge in [-0.3, -0.25) is 9.13 Å². The Hall–Kier alpha value is -3.97. The van der Waals surface area contributed by atoms with E-state index in [0.717, 1.165) is 67.0 Å². The van der Waals surface area contributed by atoms with Crippen molar-refractivity contribution in [3.63, 3.8) is 0 Å². The van der Waals surface area contributed by atoms with E-state index >= 15 is 0 Å². The minimum atomic E-state index is -0.554. The number of rotatable bonds is 2. The van der Waals surface area contributed by atoms with Gasteiger partial charge in [0.25, 0.3) is 0 Å². The second-order valence-electron chi connectivity index (χ2n) is 12.9. The maximum absolute atomic E-state index is 6.28.